The van der Waals surface area contributed by atoms with Crippen LogP contribution in [0.1, 0.15) is 0 Å². The van der Waals surface area contributed by atoms with Gasteiger partial charge in [0, 0.05) is 0 Å². The van der Waals surface area contributed by atoms with Gasteiger partial charge in [0.1, 0.15) is 0 Å². The summed E-state index contributed by atoms with van der Waals surface area (Å²) in [5.41, 5.74) is 0. The van der Waals surface area contributed by atoms with Gasteiger partial charge >= 0.3 is 0 Å². The van der Waals surface area contributed by atoms with Crippen molar-refractivity contribution in [1.82, 2.24) is 0 Å². The number of hydrogen-bond donors (Lipinski definition) is 0. The first-order valence-electron chi connectivity index (χ1n) is 4.55. The average molecular weight is 254 g/mol. The first-order valence-corrected chi connectivity index (χ1v) is 7.93. The van der Waals surface area contributed by atoms with Crippen LogP contribution in [0.4, 0.5) is 0 Å². The molecule has 0 aromatic heterocycles. The Bertz CT molecular complexity index is 402. The highest BCUT2D eigenvalue weighted by Crippen LogP contribution is 2.35. The van der Waals surface area contributed by atoms with Crippen LogP contribution in [-0.4, -0.2) is 0 Å². The molecule has 0 nitrogen and oxygen atoms in total. The Labute approximate surface area is 101 Å². The number of halogens is 1. The Morgan fingerprint density at radius 2 is 1.33 bits per heavy atom. The van der Waals surface area contributed by atoms with Crippen LogP contribution in [0.25, 0.3) is 0 Å². The van der Waals surface area contributed by atoms with Gasteiger partial charge in [0.25, 0.3) is 0 Å². The van der Waals surface area contributed by atoms with Crippen molar-refractivity contribution in [2.24, 2.45) is 0 Å². The summed E-state index contributed by atoms with van der Waals surface area (Å²) in [6.07, 6.45) is 0. The van der Waals surface area contributed by atoms with Crippen LogP contribution in [0.5, 0.6) is 0 Å². The van der Waals surface area contributed by atoms with Crippen molar-refractivity contribution >= 4 is 30.6 Å². The van der Waals surface area contributed by atoms with Crippen molar-refractivity contribution in [3.63, 3.8) is 0 Å². The third-order valence-electron chi connectivity index (χ3n) is 1.84. The second-order valence-corrected chi connectivity index (χ2v) is 7.46. The minimum absolute atomic E-state index is 0.295. The third-order valence-corrected chi connectivity index (χ3v) is 5.79. The summed E-state index contributed by atoms with van der Waals surface area (Å²) in [6.45, 7) is 0. The van der Waals surface area contributed by atoms with E-state index in [1.807, 2.05) is 36.4 Å². The SMILES string of the molecule is Cl[S+](Sc1ccccc1)c1ccccc1. The normalized spacial score (nSPS) is 12.3. The monoisotopic (exact) mass is 253 g/mol. The molecule has 0 aliphatic heterocycles. The van der Waals surface area contributed by atoms with E-state index in [4.69, 9.17) is 10.7 Å². The Hall–Kier alpha value is -0.570. The molecule has 15 heavy (non-hydrogen) atoms. The van der Waals surface area contributed by atoms with E-state index in [0.717, 1.165) is 0 Å². The minimum Gasteiger partial charge on any atom is -0.0622 e. The smallest absolute Gasteiger partial charge is 0.0622 e. The van der Waals surface area contributed by atoms with E-state index < -0.39 is 0 Å². The van der Waals surface area contributed by atoms with E-state index >= 15 is 0 Å². The molecule has 0 spiro atoms. The lowest BCUT2D eigenvalue weighted by Crippen LogP contribution is -1.86. The molecule has 0 aliphatic rings. The van der Waals surface area contributed by atoms with Gasteiger partial charge in [-0.05, 0) is 24.3 Å². The van der Waals surface area contributed by atoms with Crippen molar-refractivity contribution in [2.75, 3.05) is 0 Å². The molecule has 0 bridgehead atoms. The fraction of sp³-hybridized carbons (Fsp3) is 0. The first-order chi connectivity index (χ1) is 7.36. The molecule has 0 radical (unpaired) electrons. The maximum atomic E-state index is 6.33. The molecule has 0 fully saturated rings. The molecule has 2 aromatic carbocycles. The summed E-state index contributed by atoms with van der Waals surface area (Å²) < 4.78 is 0. The lowest BCUT2D eigenvalue weighted by molar-refractivity contribution is 1.46. The standard InChI is InChI=1S/C12H10ClS2/c13-15(12-9-5-2-6-10-12)14-11-7-3-1-4-8-11/h1-10H/q+1. The Morgan fingerprint density at radius 3 is 1.93 bits per heavy atom. The molecule has 0 heterocycles. The molecule has 1 atom stereocenters. The predicted molar refractivity (Wildman–Crippen MR) is 70.2 cm³/mol. The maximum absolute atomic E-state index is 6.33. The highest BCUT2D eigenvalue weighted by atomic mass is 35.8. The van der Waals surface area contributed by atoms with E-state index in [0.29, 0.717) is 0 Å². The van der Waals surface area contributed by atoms with Crippen LogP contribution in [0.3, 0.4) is 0 Å². The number of benzene rings is 2. The Morgan fingerprint density at radius 1 is 0.800 bits per heavy atom. The summed E-state index contributed by atoms with van der Waals surface area (Å²) >= 11 is 0. The van der Waals surface area contributed by atoms with E-state index in [-0.39, 0.29) is 9.14 Å². The predicted octanol–water partition coefficient (Wildman–Crippen LogP) is 4.52. The second-order valence-electron chi connectivity index (χ2n) is 2.93. The van der Waals surface area contributed by atoms with Gasteiger partial charge in [0.2, 0.25) is 9.14 Å². The van der Waals surface area contributed by atoms with Crippen LogP contribution < -0.4 is 0 Å². The number of rotatable bonds is 3. The van der Waals surface area contributed by atoms with Crippen molar-refractivity contribution in [3.8, 4) is 0 Å². The zero-order chi connectivity index (χ0) is 10.5. The highest BCUT2D eigenvalue weighted by molar-refractivity contribution is 8.82. The van der Waals surface area contributed by atoms with Crippen LogP contribution in [0.15, 0.2) is 70.5 Å². The summed E-state index contributed by atoms with van der Waals surface area (Å²) in [7, 11) is 7.73. The van der Waals surface area contributed by atoms with Gasteiger partial charge < -0.3 is 0 Å². The average Bonchev–Trinajstić information content (AvgIpc) is 2.31. The molecule has 0 saturated heterocycles. The van der Waals surface area contributed by atoms with E-state index in [9.17, 15) is 0 Å². The van der Waals surface area contributed by atoms with E-state index in [1.54, 1.807) is 10.8 Å². The molecule has 0 amide bonds. The van der Waals surface area contributed by atoms with Crippen molar-refractivity contribution in [2.45, 2.75) is 9.79 Å². The summed E-state index contributed by atoms with van der Waals surface area (Å²) in [6, 6.07) is 20.4. The lowest BCUT2D eigenvalue weighted by Gasteiger charge is -1.96. The molecule has 0 N–H and O–H groups in total. The van der Waals surface area contributed by atoms with Crippen molar-refractivity contribution in [3.05, 3.63) is 60.7 Å². The topological polar surface area (TPSA) is 0 Å². The van der Waals surface area contributed by atoms with Crippen molar-refractivity contribution < 1.29 is 0 Å². The first kappa shape index (κ1) is 10.9. The van der Waals surface area contributed by atoms with Crippen LogP contribution in [0.2, 0.25) is 0 Å². The second kappa shape index (κ2) is 5.50. The molecule has 76 valence electrons. The molecule has 3 heteroatoms. The lowest BCUT2D eigenvalue weighted by atomic mass is 10.4. The van der Waals surface area contributed by atoms with Gasteiger partial charge in [-0.1, -0.05) is 36.4 Å². The largest absolute Gasteiger partial charge is 0.214 e. The molecule has 0 saturated carbocycles. The van der Waals surface area contributed by atoms with Gasteiger partial charge in [0.05, 0.1) is 4.90 Å². The van der Waals surface area contributed by atoms with Gasteiger partial charge in [-0.2, -0.15) is 0 Å². The third kappa shape index (κ3) is 3.20. The van der Waals surface area contributed by atoms with Crippen LogP contribution in [-0.2, 0) is 9.14 Å². The summed E-state index contributed by atoms with van der Waals surface area (Å²) in [5, 5.41) is 0. The quantitative estimate of drug-likeness (QED) is 0.572. The van der Waals surface area contributed by atoms with Crippen LogP contribution >= 0.6 is 21.5 Å². The molecule has 0 aliphatic carbocycles. The molecule has 1 unspecified atom stereocenters. The molecule has 2 rings (SSSR count). The summed E-state index contributed by atoms with van der Waals surface area (Å²) in [5.74, 6) is 0. The Kier molecular flexibility index (Phi) is 4.01. The fourth-order valence-electron chi connectivity index (χ4n) is 1.14. The van der Waals surface area contributed by atoms with Gasteiger partial charge in [-0.3, -0.25) is 0 Å². The van der Waals surface area contributed by atoms with Gasteiger partial charge in [0.15, 0.2) is 26.4 Å². The maximum Gasteiger partial charge on any atom is 0.214 e. The van der Waals surface area contributed by atoms with E-state index in [2.05, 4.69) is 24.3 Å². The van der Waals surface area contributed by atoms with Crippen LogP contribution in [0, 0.1) is 0 Å². The summed E-state index contributed by atoms with van der Waals surface area (Å²) in [4.78, 5) is 2.38. The van der Waals surface area contributed by atoms with Gasteiger partial charge in [-0.15, -0.1) is 0 Å². The molecular formula is C12H10ClS2+. The van der Waals surface area contributed by atoms with Crippen molar-refractivity contribution in [1.29, 1.82) is 0 Å². The zero-order valence-corrected chi connectivity index (χ0v) is 10.4. The fourth-order valence-corrected chi connectivity index (χ4v) is 4.47. The molecule has 2 aromatic rings. The Balaban J connectivity index is 2.08. The zero-order valence-electron chi connectivity index (χ0n) is 7.97. The number of hydrogen-bond acceptors (Lipinski definition) is 1. The molecular weight excluding hydrogens is 244 g/mol. The van der Waals surface area contributed by atoms with Gasteiger partial charge in [-0.25, -0.2) is 0 Å². The highest BCUT2D eigenvalue weighted by Gasteiger charge is 2.22. The van der Waals surface area contributed by atoms with E-state index in [1.165, 1.54) is 9.79 Å². The minimum atomic E-state index is -0.295.